The maximum absolute atomic E-state index is 9.23. The highest BCUT2D eigenvalue weighted by atomic mass is 16.5. The van der Waals surface area contributed by atoms with Crippen molar-refractivity contribution in [3.8, 4) is 0 Å². The summed E-state index contributed by atoms with van der Waals surface area (Å²) >= 11 is 0. The Morgan fingerprint density at radius 2 is 2.28 bits per heavy atom. The highest BCUT2D eigenvalue weighted by Crippen LogP contribution is 2.26. The van der Waals surface area contributed by atoms with E-state index in [9.17, 15) is 5.11 Å². The molecule has 0 spiro atoms. The van der Waals surface area contributed by atoms with Crippen LogP contribution in [-0.4, -0.2) is 37.0 Å². The molecule has 0 amide bonds. The van der Waals surface area contributed by atoms with Gasteiger partial charge in [-0.25, -0.2) is 0 Å². The van der Waals surface area contributed by atoms with E-state index in [2.05, 4.69) is 36.9 Å². The quantitative estimate of drug-likeness (QED) is 0.841. The molecule has 2 unspecified atom stereocenters. The number of hydrogen-bond acceptors (Lipinski definition) is 4. The highest BCUT2D eigenvalue weighted by Gasteiger charge is 2.26. The van der Waals surface area contributed by atoms with Crippen molar-refractivity contribution >= 4 is 5.69 Å². The Morgan fingerprint density at radius 3 is 2.89 bits per heavy atom. The summed E-state index contributed by atoms with van der Waals surface area (Å²) in [6.07, 6.45) is -0.0882. The summed E-state index contributed by atoms with van der Waals surface area (Å²) in [7, 11) is 0. The van der Waals surface area contributed by atoms with Gasteiger partial charge in [-0.1, -0.05) is 12.1 Å². The summed E-state index contributed by atoms with van der Waals surface area (Å²) < 4.78 is 5.56. The molecule has 1 aliphatic heterocycles. The lowest BCUT2D eigenvalue weighted by Gasteiger charge is -2.40. The smallest absolute Gasteiger partial charge is 0.0981 e. The van der Waals surface area contributed by atoms with E-state index in [-0.39, 0.29) is 12.7 Å². The van der Waals surface area contributed by atoms with Crippen LogP contribution < -0.4 is 10.6 Å². The molecule has 2 rings (SSSR count). The fraction of sp³-hybridized carbons (Fsp3) is 0.571. The third-order valence-corrected chi connectivity index (χ3v) is 3.52. The van der Waals surface area contributed by atoms with Crippen molar-refractivity contribution in [2.75, 3.05) is 24.7 Å². The lowest BCUT2D eigenvalue weighted by atomic mass is 10.1. The van der Waals surface area contributed by atoms with Gasteiger partial charge in [0.05, 0.1) is 19.3 Å². The molecule has 1 aromatic carbocycles. The third-order valence-electron chi connectivity index (χ3n) is 3.52. The number of morpholine rings is 1. The minimum absolute atomic E-state index is 0.0726. The molecular weight excluding hydrogens is 228 g/mol. The number of nitrogens with two attached hydrogens (primary N) is 1. The van der Waals surface area contributed by atoms with E-state index in [0.29, 0.717) is 19.2 Å². The second-order valence-electron chi connectivity index (χ2n) is 4.96. The molecular formula is C14H22N2O2. The predicted octanol–water partition coefficient (Wildman–Crippen LogP) is 1.04. The van der Waals surface area contributed by atoms with Gasteiger partial charge in [0.25, 0.3) is 0 Å². The fourth-order valence-corrected chi connectivity index (χ4v) is 2.43. The van der Waals surface area contributed by atoms with Gasteiger partial charge in [0, 0.05) is 24.8 Å². The number of benzene rings is 1. The number of nitrogens with zero attached hydrogens (tertiary/aromatic N) is 1. The first-order valence-electron chi connectivity index (χ1n) is 6.44. The second-order valence-corrected chi connectivity index (χ2v) is 4.96. The van der Waals surface area contributed by atoms with Crippen LogP contribution in [0.3, 0.4) is 0 Å². The molecule has 1 heterocycles. The standard InChI is InChI=1S/C14H22N2O2/c1-10-5-12(6-15)3-4-14(10)16-7-13(8-17)18-9-11(16)2/h3-5,11,13,17H,6-9,15H2,1-2H3. The number of aryl methyl sites for hydroxylation is 1. The zero-order valence-electron chi connectivity index (χ0n) is 11.1. The summed E-state index contributed by atoms with van der Waals surface area (Å²) in [5, 5.41) is 9.23. The van der Waals surface area contributed by atoms with Crippen molar-refractivity contribution in [2.45, 2.75) is 32.5 Å². The van der Waals surface area contributed by atoms with E-state index in [1.165, 1.54) is 11.3 Å². The van der Waals surface area contributed by atoms with E-state index in [1.54, 1.807) is 0 Å². The topological polar surface area (TPSA) is 58.7 Å². The van der Waals surface area contributed by atoms with Crippen LogP contribution >= 0.6 is 0 Å². The zero-order chi connectivity index (χ0) is 13.1. The number of aliphatic hydroxyl groups excluding tert-OH is 1. The Morgan fingerprint density at radius 1 is 1.50 bits per heavy atom. The van der Waals surface area contributed by atoms with Crippen LogP contribution in [-0.2, 0) is 11.3 Å². The monoisotopic (exact) mass is 250 g/mol. The van der Waals surface area contributed by atoms with Gasteiger partial charge >= 0.3 is 0 Å². The summed E-state index contributed by atoms with van der Waals surface area (Å²) in [4.78, 5) is 2.31. The molecule has 0 aliphatic carbocycles. The maximum Gasteiger partial charge on any atom is 0.0981 e. The van der Waals surface area contributed by atoms with Crippen LogP contribution in [0.5, 0.6) is 0 Å². The summed E-state index contributed by atoms with van der Waals surface area (Å²) in [6, 6.07) is 6.65. The summed E-state index contributed by atoms with van der Waals surface area (Å²) in [6.45, 7) is 6.28. The average Bonchev–Trinajstić information content (AvgIpc) is 2.39. The molecule has 0 bridgehead atoms. The van der Waals surface area contributed by atoms with Crippen LogP contribution in [0.1, 0.15) is 18.1 Å². The number of hydrogen-bond donors (Lipinski definition) is 2. The Bertz CT molecular complexity index is 409. The maximum atomic E-state index is 9.23. The summed E-state index contributed by atoms with van der Waals surface area (Å²) in [5.74, 6) is 0. The van der Waals surface area contributed by atoms with Crippen LogP contribution in [0.4, 0.5) is 5.69 Å². The summed E-state index contributed by atoms with van der Waals surface area (Å²) in [5.41, 5.74) is 9.24. The van der Waals surface area contributed by atoms with Crippen molar-refractivity contribution in [3.63, 3.8) is 0 Å². The van der Waals surface area contributed by atoms with Crippen molar-refractivity contribution in [1.82, 2.24) is 0 Å². The van der Waals surface area contributed by atoms with Gasteiger partial charge < -0.3 is 20.5 Å². The first-order chi connectivity index (χ1) is 8.65. The van der Waals surface area contributed by atoms with Crippen LogP contribution in [0.15, 0.2) is 18.2 Å². The molecule has 2 atom stereocenters. The van der Waals surface area contributed by atoms with E-state index in [0.717, 1.165) is 12.1 Å². The molecule has 4 heteroatoms. The van der Waals surface area contributed by atoms with Crippen LogP contribution in [0.25, 0.3) is 0 Å². The first-order valence-corrected chi connectivity index (χ1v) is 6.44. The molecule has 1 aliphatic rings. The first kappa shape index (κ1) is 13.3. The van der Waals surface area contributed by atoms with E-state index in [1.807, 2.05) is 0 Å². The van der Waals surface area contributed by atoms with Gasteiger partial charge in [-0.05, 0) is 31.0 Å². The molecule has 18 heavy (non-hydrogen) atoms. The van der Waals surface area contributed by atoms with Crippen molar-refractivity contribution < 1.29 is 9.84 Å². The van der Waals surface area contributed by atoms with Gasteiger partial charge in [-0.3, -0.25) is 0 Å². The van der Waals surface area contributed by atoms with Gasteiger partial charge in [-0.2, -0.15) is 0 Å². The Kier molecular flexibility index (Phi) is 4.22. The number of rotatable bonds is 3. The molecule has 4 nitrogen and oxygen atoms in total. The second kappa shape index (κ2) is 5.69. The number of ether oxygens (including phenoxy) is 1. The third kappa shape index (κ3) is 2.66. The highest BCUT2D eigenvalue weighted by molar-refractivity contribution is 5.55. The Labute approximate surface area is 108 Å². The van der Waals surface area contributed by atoms with Crippen molar-refractivity contribution in [3.05, 3.63) is 29.3 Å². The molecule has 0 saturated carbocycles. The number of aliphatic hydroxyl groups is 1. The van der Waals surface area contributed by atoms with Crippen LogP contribution in [0, 0.1) is 6.92 Å². The van der Waals surface area contributed by atoms with Gasteiger partial charge in [0.2, 0.25) is 0 Å². The Balaban J connectivity index is 2.23. The largest absolute Gasteiger partial charge is 0.394 e. The molecule has 3 N–H and O–H groups in total. The lowest BCUT2D eigenvalue weighted by Crippen LogP contribution is -2.49. The molecule has 1 aromatic rings. The normalized spacial score (nSPS) is 24.3. The van der Waals surface area contributed by atoms with E-state index < -0.39 is 0 Å². The van der Waals surface area contributed by atoms with Crippen molar-refractivity contribution in [2.24, 2.45) is 5.73 Å². The van der Waals surface area contributed by atoms with Crippen molar-refractivity contribution in [1.29, 1.82) is 0 Å². The van der Waals surface area contributed by atoms with E-state index >= 15 is 0 Å². The molecule has 1 saturated heterocycles. The molecule has 0 radical (unpaired) electrons. The average molecular weight is 250 g/mol. The fourth-order valence-electron chi connectivity index (χ4n) is 2.43. The van der Waals surface area contributed by atoms with E-state index in [4.69, 9.17) is 10.5 Å². The van der Waals surface area contributed by atoms with Gasteiger partial charge in [0.15, 0.2) is 0 Å². The van der Waals surface area contributed by atoms with Gasteiger partial charge in [-0.15, -0.1) is 0 Å². The number of anilines is 1. The van der Waals surface area contributed by atoms with Crippen LogP contribution in [0.2, 0.25) is 0 Å². The van der Waals surface area contributed by atoms with Gasteiger partial charge in [0.1, 0.15) is 0 Å². The molecule has 100 valence electrons. The lowest BCUT2D eigenvalue weighted by molar-refractivity contribution is -0.0103. The Hall–Kier alpha value is -1.10. The predicted molar refractivity (Wildman–Crippen MR) is 72.7 cm³/mol. The molecule has 0 aromatic heterocycles. The molecule has 1 fully saturated rings. The zero-order valence-corrected chi connectivity index (χ0v) is 11.1. The minimum atomic E-state index is -0.0882. The minimum Gasteiger partial charge on any atom is -0.394 e. The SMILES string of the molecule is Cc1cc(CN)ccc1N1CC(CO)OCC1C.